The van der Waals surface area contributed by atoms with Crippen molar-refractivity contribution in [1.82, 2.24) is 9.88 Å². The van der Waals surface area contributed by atoms with Crippen molar-refractivity contribution in [3.05, 3.63) is 23.9 Å². The molecule has 2 rings (SSSR count). The molecule has 100 valence electrons. The van der Waals surface area contributed by atoms with Gasteiger partial charge in [-0.2, -0.15) is 0 Å². The summed E-state index contributed by atoms with van der Waals surface area (Å²) in [5, 5.41) is 3.30. The van der Waals surface area contributed by atoms with Crippen LogP contribution in [-0.2, 0) is 17.3 Å². The van der Waals surface area contributed by atoms with Crippen LogP contribution in [0.5, 0.6) is 0 Å². The van der Waals surface area contributed by atoms with Crippen LogP contribution in [0.4, 0.5) is 5.82 Å². The van der Waals surface area contributed by atoms with Gasteiger partial charge in [0.05, 0.1) is 0 Å². The van der Waals surface area contributed by atoms with Crippen LogP contribution in [0.15, 0.2) is 18.3 Å². The zero-order chi connectivity index (χ0) is 12.8. The summed E-state index contributed by atoms with van der Waals surface area (Å²) < 4.78 is 11.3. The molecule has 0 amide bonds. The Balaban J connectivity index is 1.90. The largest absolute Gasteiger partial charge is 0.370 e. The number of hydrogen-bond donors (Lipinski definition) is 1. The highest BCUT2D eigenvalue weighted by molar-refractivity contribution is 7.85. The van der Waals surface area contributed by atoms with E-state index in [0.29, 0.717) is 0 Å². The first-order valence-corrected chi connectivity index (χ1v) is 8.03. The highest BCUT2D eigenvalue weighted by Crippen LogP contribution is 2.11. The van der Waals surface area contributed by atoms with Gasteiger partial charge >= 0.3 is 0 Å². The van der Waals surface area contributed by atoms with Gasteiger partial charge in [0.2, 0.25) is 0 Å². The van der Waals surface area contributed by atoms with E-state index in [4.69, 9.17) is 0 Å². The maximum Gasteiger partial charge on any atom is 0.126 e. The molecule has 1 aliphatic rings. The molecule has 1 N–H and O–H groups in total. The Morgan fingerprint density at radius 3 is 2.94 bits per heavy atom. The Morgan fingerprint density at radius 1 is 1.44 bits per heavy atom. The normalized spacial score (nSPS) is 17.8. The topological polar surface area (TPSA) is 45.2 Å². The number of nitrogens with zero attached hydrogens (tertiary/aromatic N) is 2. The molecule has 1 aliphatic heterocycles. The lowest BCUT2D eigenvalue weighted by atomic mass is 10.2. The summed E-state index contributed by atoms with van der Waals surface area (Å²) >= 11 is 0. The van der Waals surface area contributed by atoms with Gasteiger partial charge in [0.15, 0.2) is 0 Å². The van der Waals surface area contributed by atoms with Crippen molar-refractivity contribution in [2.24, 2.45) is 0 Å². The van der Waals surface area contributed by atoms with E-state index >= 15 is 0 Å². The third-order valence-corrected chi connectivity index (χ3v) is 4.33. The number of nitrogens with one attached hydrogen (secondary N) is 1. The Hall–Kier alpha value is -0.940. The van der Waals surface area contributed by atoms with E-state index < -0.39 is 10.8 Å². The third kappa shape index (κ3) is 4.07. The molecule has 18 heavy (non-hydrogen) atoms. The molecule has 0 aliphatic carbocycles. The van der Waals surface area contributed by atoms with Crippen molar-refractivity contribution in [3.63, 3.8) is 0 Å². The molecule has 1 saturated heterocycles. The van der Waals surface area contributed by atoms with Crippen LogP contribution < -0.4 is 5.32 Å². The summed E-state index contributed by atoms with van der Waals surface area (Å²) in [6.45, 7) is 5.91. The van der Waals surface area contributed by atoms with Crippen molar-refractivity contribution in [2.75, 3.05) is 36.5 Å². The Kier molecular flexibility index (Phi) is 5.13. The zero-order valence-corrected chi connectivity index (χ0v) is 11.7. The predicted molar refractivity (Wildman–Crippen MR) is 76.2 cm³/mol. The number of aromatic nitrogens is 1. The first kappa shape index (κ1) is 13.5. The molecule has 4 nitrogen and oxygen atoms in total. The second kappa shape index (κ2) is 6.85. The third-order valence-electron chi connectivity index (χ3n) is 3.06. The van der Waals surface area contributed by atoms with Crippen molar-refractivity contribution in [1.29, 1.82) is 0 Å². The summed E-state index contributed by atoms with van der Waals surface area (Å²) in [7, 11) is -0.594. The minimum absolute atomic E-state index is 0.594. The molecule has 1 fully saturated rings. The summed E-state index contributed by atoms with van der Waals surface area (Å²) in [6.07, 6.45) is 2.96. The zero-order valence-electron chi connectivity index (χ0n) is 10.9. The summed E-state index contributed by atoms with van der Waals surface area (Å²) in [4.78, 5) is 6.67. The van der Waals surface area contributed by atoms with Crippen LogP contribution in [-0.4, -0.2) is 45.2 Å². The van der Waals surface area contributed by atoms with E-state index in [1.165, 1.54) is 5.56 Å². The van der Waals surface area contributed by atoms with Gasteiger partial charge in [-0.25, -0.2) is 4.98 Å². The Bertz CT molecular complexity index is 401. The van der Waals surface area contributed by atoms with Crippen molar-refractivity contribution in [2.45, 2.75) is 19.9 Å². The predicted octanol–water partition coefficient (Wildman–Crippen LogP) is 1.47. The van der Waals surface area contributed by atoms with Crippen molar-refractivity contribution in [3.8, 4) is 0 Å². The maximum absolute atomic E-state index is 11.3. The number of anilines is 1. The number of hydrogen-bond acceptors (Lipinski definition) is 4. The molecule has 0 radical (unpaired) electrons. The highest BCUT2D eigenvalue weighted by Gasteiger charge is 2.15. The molecular formula is C13H21N3OS. The molecular weight excluding hydrogens is 246 g/mol. The number of rotatable bonds is 5. The molecule has 0 saturated carbocycles. The van der Waals surface area contributed by atoms with E-state index in [9.17, 15) is 4.21 Å². The van der Waals surface area contributed by atoms with E-state index in [0.717, 1.165) is 49.9 Å². The molecule has 0 bridgehead atoms. The van der Waals surface area contributed by atoms with Crippen LogP contribution in [0, 0.1) is 0 Å². The van der Waals surface area contributed by atoms with Gasteiger partial charge in [-0.3, -0.25) is 9.11 Å². The molecule has 0 unspecified atom stereocenters. The lowest BCUT2D eigenvalue weighted by Crippen LogP contribution is -2.37. The molecule has 1 aromatic rings. The summed E-state index contributed by atoms with van der Waals surface area (Å²) in [6, 6.07) is 4.17. The first-order valence-electron chi connectivity index (χ1n) is 6.54. The molecule has 0 spiro atoms. The monoisotopic (exact) mass is 267 g/mol. The fraction of sp³-hybridized carbons (Fsp3) is 0.615. The van der Waals surface area contributed by atoms with Gasteiger partial charge in [0, 0.05) is 54.7 Å². The van der Waals surface area contributed by atoms with Gasteiger partial charge in [0.1, 0.15) is 5.82 Å². The Morgan fingerprint density at radius 2 is 2.22 bits per heavy atom. The Labute approximate surface area is 111 Å². The van der Waals surface area contributed by atoms with Crippen LogP contribution in [0.2, 0.25) is 0 Å². The smallest absolute Gasteiger partial charge is 0.126 e. The van der Waals surface area contributed by atoms with Crippen LogP contribution in [0.1, 0.15) is 18.9 Å². The maximum atomic E-state index is 11.3. The minimum atomic E-state index is -0.594. The SMILES string of the molecule is CCCNc1cc(CN2CCS(=O)CC2)ccn1. The fourth-order valence-corrected chi connectivity index (χ4v) is 3.14. The lowest BCUT2D eigenvalue weighted by molar-refractivity contribution is 0.291. The second-order valence-electron chi connectivity index (χ2n) is 4.60. The molecule has 2 heterocycles. The summed E-state index contributed by atoms with van der Waals surface area (Å²) in [5.74, 6) is 2.58. The first-order chi connectivity index (χ1) is 8.78. The standard InChI is InChI=1S/C13H21N3OS/c1-2-4-14-13-10-12(3-5-15-13)11-16-6-8-18(17)9-7-16/h3,5,10H,2,4,6-9,11H2,1H3,(H,14,15). The lowest BCUT2D eigenvalue weighted by Gasteiger charge is -2.26. The quantitative estimate of drug-likeness (QED) is 0.877. The van der Waals surface area contributed by atoms with Crippen molar-refractivity contribution >= 4 is 16.6 Å². The number of pyridine rings is 1. The van der Waals surface area contributed by atoms with Gasteiger partial charge < -0.3 is 5.32 Å². The highest BCUT2D eigenvalue weighted by atomic mass is 32.2. The molecule has 0 atom stereocenters. The van der Waals surface area contributed by atoms with Gasteiger partial charge in [-0.1, -0.05) is 6.92 Å². The molecule has 0 aromatic carbocycles. The van der Waals surface area contributed by atoms with Crippen LogP contribution >= 0.6 is 0 Å². The minimum Gasteiger partial charge on any atom is -0.370 e. The van der Waals surface area contributed by atoms with Crippen LogP contribution in [0.3, 0.4) is 0 Å². The van der Waals surface area contributed by atoms with E-state index in [-0.39, 0.29) is 0 Å². The van der Waals surface area contributed by atoms with Gasteiger partial charge in [-0.05, 0) is 24.1 Å². The van der Waals surface area contributed by atoms with Gasteiger partial charge in [0.25, 0.3) is 0 Å². The van der Waals surface area contributed by atoms with E-state index in [1.54, 1.807) is 0 Å². The molecule has 5 heteroatoms. The fourth-order valence-electron chi connectivity index (χ4n) is 2.01. The van der Waals surface area contributed by atoms with E-state index in [2.05, 4.69) is 34.3 Å². The second-order valence-corrected chi connectivity index (χ2v) is 6.30. The van der Waals surface area contributed by atoms with E-state index in [1.807, 2.05) is 6.20 Å². The average molecular weight is 267 g/mol. The van der Waals surface area contributed by atoms with Crippen molar-refractivity contribution < 1.29 is 4.21 Å². The molecule has 1 aromatic heterocycles. The van der Waals surface area contributed by atoms with Crippen LogP contribution in [0.25, 0.3) is 0 Å². The average Bonchev–Trinajstić information content (AvgIpc) is 2.40. The summed E-state index contributed by atoms with van der Waals surface area (Å²) in [5.41, 5.74) is 1.27. The van der Waals surface area contributed by atoms with Gasteiger partial charge in [-0.15, -0.1) is 0 Å².